The standard InChI is InChI=1S/C8H12O.Pt/c1-2-8(9)6-4-3-5-7-8;/h1,9H,3-7H2;. The average molecular weight is 319 g/mol. The van der Waals surface area contributed by atoms with Gasteiger partial charge in [0.25, 0.3) is 0 Å². The normalized spacial score (nSPS) is 22.4. The van der Waals surface area contributed by atoms with Gasteiger partial charge in [0.15, 0.2) is 0 Å². The molecule has 0 aromatic heterocycles. The SMILES string of the molecule is C#CC1(O)CCCCC1.[Pt]. The summed E-state index contributed by atoms with van der Waals surface area (Å²) in [5, 5.41) is 9.44. The van der Waals surface area contributed by atoms with Gasteiger partial charge in [0, 0.05) is 21.1 Å². The van der Waals surface area contributed by atoms with Crippen LogP contribution in [0.1, 0.15) is 32.1 Å². The summed E-state index contributed by atoms with van der Waals surface area (Å²) >= 11 is 0. The number of rotatable bonds is 0. The van der Waals surface area contributed by atoms with Gasteiger partial charge in [-0.15, -0.1) is 6.42 Å². The van der Waals surface area contributed by atoms with Gasteiger partial charge in [0.1, 0.15) is 5.60 Å². The van der Waals surface area contributed by atoms with Crippen molar-refractivity contribution in [1.29, 1.82) is 0 Å². The summed E-state index contributed by atoms with van der Waals surface area (Å²) in [4.78, 5) is 0. The van der Waals surface area contributed by atoms with Crippen LogP contribution < -0.4 is 0 Å². The molecule has 0 radical (unpaired) electrons. The summed E-state index contributed by atoms with van der Waals surface area (Å²) in [5.74, 6) is 2.44. The second kappa shape index (κ2) is 4.16. The Bertz CT molecular complexity index is 131. The molecule has 1 aliphatic rings. The average Bonchev–Trinajstić information content (AvgIpc) is 1.90. The summed E-state index contributed by atoms with van der Waals surface area (Å²) in [5.41, 5.74) is -0.752. The number of hydrogen-bond donors (Lipinski definition) is 1. The molecule has 0 saturated heterocycles. The van der Waals surface area contributed by atoms with E-state index in [-0.39, 0.29) is 21.1 Å². The Morgan fingerprint density at radius 1 is 1.20 bits per heavy atom. The van der Waals surface area contributed by atoms with E-state index >= 15 is 0 Å². The first kappa shape index (κ1) is 10.2. The van der Waals surface area contributed by atoms with E-state index in [4.69, 9.17) is 6.42 Å². The fourth-order valence-corrected chi connectivity index (χ4v) is 1.28. The van der Waals surface area contributed by atoms with Crippen molar-refractivity contribution in [2.75, 3.05) is 0 Å². The van der Waals surface area contributed by atoms with Crippen LogP contribution in [0.3, 0.4) is 0 Å². The van der Waals surface area contributed by atoms with E-state index in [1.54, 1.807) is 0 Å². The molecular formula is C8H12OPt. The summed E-state index contributed by atoms with van der Waals surface area (Å²) < 4.78 is 0. The molecule has 1 fully saturated rings. The Hall–Kier alpha value is 0.208. The van der Waals surface area contributed by atoms with Crippen LogP contribution in [0.2, 0.25) is 0 Å². The minimum absolute atomic E-state index is 0. The molecule has 1 N–H and O–H groups in total. The van der Waals surface area contributed by atoms with E-state index in [1.807, 2.05) is 0 Å². The van der Waals surface area contributed by atoms with E-state index < -0.39 is 5.60 Å². The predicted octanol–water partition coefficient (Wildman–Crippen LogP) is 1.31. The minimum atomic E-state index is -0.752. The third-order valence-corrected chi connectivity index (χ3v) is 1.95. The molecule has 10 heavy (non-hydrogen) atoms. The van der Waals surface area contributed by atoms with Crippen molar-refractivity contribution in [2.45, 2.75) is 37.7 Å². The molecule has 0 bridgehead atoms. The van der Waals surface area contributed by atoms with Gasteiger partial charge < -0.3 is 5.11 Å². The Balaban J connectivity index is 0.000000810. The molecule has 0 aliphatic heterocycles. The van der Waals surface area contributed by atoms with Gasteiger partial charge in [-0.05, 0) is 25.7 Å². The van der Waals surface area contributed by atoms with Crippen LogP contribution in [0.15, 0.2) is 0 Å². The molecule has 0 amide bonds. The maximum absolute atomic E-state index is 9.44. The van der Waals surface area contributed by atoms with Crippen molar-refractivity contribution in [3.8, 4) is 12.3 Å². The van der Waals surface area contributed by atoms with Gasteiger partial charge in [-0.1, -0.05) is 12.3 Å². The fraction of sp³-hybridized carbons (Fsp3) is 0.750. The summed E-state index contributed by atoms with van der Waals surface area (Å²) in [6.45, 7) is 0. The zero-order chi connectivity index (χ0) is 6.74. The second-order valence-corrected chi connectivity index (χ2v) is 2.74. The molecule has 1 saturated carbocycles. The first-order chi connectivity index (χ1) is 4.27. The maximum Gasteiger partial charge on any atom is 0.125 e. The second-order valence-electron chi connectivity index (χ2n) is 2.74. The quantitative estimate of drug-likeness (QED) is 0.668. The van der Waals surface area contributed by atoms with E-state index in [0.29, 0.717) is 0 Å². The number of aliphatic hydroxyl groups is 1. The summed E-state index contributed by atoms with van der Waals surface area (Å²) in [7, 11) is 0. The van der Waals surface area contributed by atoms with E-state index in [9.17, 15) is 5.11 Å². The molecule has 0 heterocycles. The van der Waals surface area contributed by atoms with Crippen molar-refractivity contribution >= 4 is 0 Å². The number of hydrogen-bond acceptors (Lipinski definition) is 1. The van der Waals surface area contributed by atoms with Crippen LogP contribution in [-0.2, 0) is 21.1 Å². The largest absolute Gasteiger partial charge is 0.378 e. The number of terminal acetylenes is 1. The van der Waals surface area contributed by atoms with Crippen molar-refractivity contribution in [1.82, 2.24) is 0 Å². The topological polar surface area (TPSA) is 20.2 Å². The molecule has 0 spiro atoms. The molecule has 60 valence electrons. The van der Waals surface area contributed by atoms with Gasteiger partial charge in [0.2, 0.25) is 0 Å². The third kappa shape index (κ3) is 2.44. The van der Waals surface area contributed by atoms with E-state index in [0.717, 1.165) is 25.7 Å². The van der Waals surface area contributed by atoms with Crippen molar-refractivity contribution in [2.24, 2.45) is 0 Å². The maximum atomic E-state index is 9.44. The van der Waals surface area contributed by atoms with Gasteiger partial charge in [-0.2, -0.15) is 0 Å². The smallest absolute Gasteiger partial charge is 0.125 e. The molecule has 1 nitrogen and oxygen atoms in total. The van der Waals surface area contributed by atoms with Crippen LogP contribution in [0, 0.1) is 12.3 Å². The Kier molecular flexibility index (Phi) is 4.25. The van der Waals surface area contributed by atoms with Gasteiger partial charge >= 0.3 is 0 Å². The molecule has 0 unspecified atom stereocenters. The Labute approximate surface area is 76.5 Å². The molecule has 2 heteroatoms. The van der Waals surface area contributed by atoms with Gasteiger partial charge in [-0.3, -0.25) is 0 Å². The fourth-order valence-electron chi connectivity index (χ4n) is 1.28. The van der Waals surface area contributed by atoms with Gasteiger partial charge in [0.05, 0.1) is 0 Å². The molecule has 0 atom stereocenters. The zero-order valence-corrected chi connectivity index (χ0v) is 8.15. The van der Waals surface area contributed by atoms with Crippen LogP contribution in [0.5, 0.6) is 0 Å². The first-order valence-electron chi connectivity index (χ1n) is 3.47. The van der Waals surface area contributed by atoms with E-state index in [2.05, 4.69) is 5.92 Å². The van der Waals surface area contributed by atoms with Crippen molar-refractivity contribution in [3.63, 3.8) is 0 Å². The molecule has 0 aromatic rings. The monoisotopic (exact) mass is 319 g/mol. The van der Waals surface area contributed by atoms with Crippen molar-refractivity contribution in [3.05, 3.63) is 0 Å². The molecular weight excluding hydrogens is 307 g/mol. The van der Waals surface area contributed by atoms with Crippen LogP contribution in [-0.4, -0.2) is 10.7 Å². The van der Waals surface area contributed by atoms with E-state index in [1.165, 1.54) is 6.42 Å². The summed E-state index contributed by atoms with van der Waals surface area (Å²) in [6, 6.07) is 0. The van der Waals surface area contributed by atoms with Crippen LogP contribution >= 0.6 is 0 Å². The Morgan fingerprint density at radius 3 is 2.00 bits per heavy atom. The molecule has 1 aliphatic carbocycles. The van der Waals surface area contributed by atoms with Crippen LogP contribution in [0.25, 0.3) is 0 Å². The third-order valence-electron chi connectivity index (χ3n) is 1.95. The summed E-state index contributed by atoms with van der Waals surface area (Å²) in [6.07, 6.45) is 10.1. The predicted molar refractivity (Wildman–Crippen MR) is 36.9 cm³/mol. The zero-order valence-electron chi connectivity index (χ0n) is 5.88. The van der Waals surface area contributed by atoms with Crippen LogP contribution in [0.4, 0.5) is 0 Å². The Morgan fingerprint density at radius 2 is 1.70 bits per heavy atom. The van der Waals surface area contributed by atoms with Crippen molar-refractivity contribution < 1.29 is 26.2 Å². The first-order valence-corrected chi connectivity index (χ1v) is 3.47. The van der Waals surface area contributed by atoms with Gasteiger partial charge in [-0.25, -0.2) is 0 Å². The molecule has 1 rings (SSSR count). The molecule has 0 aromatic carbocycles. The minimum Gasteiger partial charge on any atom is -0.378 e.